The molecule has 1 aromatic carbocycles. The molecule has 66 valence electrons. The molecule has 0 amide bonds. The third kappa shape index (κ3) is 2.84. The zero-order valence-corrected chi connectivity index (χ0v) is 7.83. The standard InChI is InChI=1S/C10H9ClN2/c1-8(11)13-10(12-2)9-6-4-3-5-7-9/h3-7H,1-2H2. The topological polar surface area (TPSA) is 24.7 Å². The van der Waals surface area contributed by atoms with E-state index in [0.717, 1.165) is 5.56 Å². The van der Waals surface area contributed by atoms with Crippen LogP contribution in [-0.4, -0.2) is 12.6 Å². The molecule has 0 aromatic heterocycles. The van der Waals surface area contributed by atoms with Crippen molar-refractivity contribution in [2.75, 3.05) is 0 Å². The van der Waals surface area contributed by atoms with Gasteiger partial charge in [0.25, 0.3) is 0 Å². The fraction of sp³-hybridized carbons (Fsp3) is 0. The number of nitrogens with zero attached hydrogens (tertiary/aromatic N) is 2. The van der Waals surface area contributed by atoms with Crippen LogP contribution < -0.4 is 0 Å². The maximum Gasteiger partial charge on any atom is 0.160 e. The SMILES string of the molecule is C=NC(=NC(=C)Cl)c1ccccc1. The van der Waals surface area contributed by atoms with E-state index >= 15 is 0 Å². The van der Waals surface area contributed by atoms with E-state index < -0.39 is 0 Å². The largest absolute Gasteiger partial charge is 0.245 e. The van der Waals surface area contributed by atoms with Crippen LogP contribution in [0.15, 0.2) is 52.1 Å². The monoisotopic (exact) mass is 192 g/mol. The highest BCUT2D eigenvalue weighted by molar-refractivity contribution is 6.30. The summed E-state index contributed by atoms with van der Waals surface area (Å²) in [5.74, 6) is 0.487. The molecule has 0 unspecified atom stereocenters. The van der Waals surface area contributed by atoms with Crippen molar-refractivity contribution in [3.63, 3.8) is 0 Å². The second-order valence-electron chi connectivity index (χ2n) is 2.34. The van der Waals surface area contributed by atoms with E-state index in [1.807, 2.05) is 30.3 Å². The first-order valence-corrected chi connectivity index (χ1v) is 4.07. The molecule has 0 heterocycles. The van der Waals surface area contributed by atoms with Crippen molar-refractivity contribution in [2.45, 2.75) is 0 Å². The van der Waals surface area contributed by atoms with Gasteiger partial charge in [0.1, 0.15) is 5.16 Å². The van der Waals surface area contributed by atoms with E-state index in [1.165, 1.54) is 0 Å². The van der Waals surface area contributed by atoms with Gasteiger partial charge in [-0.2, -0.15) is 0 Å². The van der Waals surface area contributed by atoms with Crippen LogP contribution in [-0.2, 0) is 0 Å². The molecule has 0 aliphatic carbocycles. The summed E-state index contributed by atoms with van der Waals surface area (Å²) < 4.78 is 0. The van der Waals surface area contributed by atoms with Crippen LogP contribution in [0.1, 0.15) is 5.56 Å². The van der Waals surface area contributed by atoms with Gasteiger partial charge < -0.3 is 0 Å². The summed E-state index contributed by atoms with van der Waals surface area (Å²) in [5.41, 5.74) is 0.874. The van der Waals surface area contributed by atoms with E-state index in [2.05, 4.69) is 23.3 Å². The highest BCUT2D eigenvalue weighted by Crippen LogP contribution is 2.06. The van der Waals surface area contributed by atoms with Crippen LogP contribution in [0.4, 0.5) is 0 Å². The summed E-state index contributed by atoms with van der Waals surface area (Å²) in [6, 6.07) is 9.47. The van der Waals surface area contributed by atoms with Crippen LogP contribution in [0.25, 0.3) is 0 Å². The number of rotatable bonds is 2. The van der Waals surface area contributed by atoms with Crippen molar-refractivity contribution in [3.05, 3.63) is 47.6 Å². The van der Waals surface area contributed by atoms with Crippen molar-refractivity contribution in [1.29, 1.82) is 0 Å². The number of benzene rings is 1. The maximum absolute atomic E-state index is 5.53. The lowest BCUT2D eigenvalue weighted by Crippen LogP contribution is -1.95. The number of hydrogen-bond acceptors (Lipinski definition) is 1. The number of aliphatic imine (C=N–C) groups is 2. The van der Waals surface area contributed by atoms with Gasteiger partial charge in [0.15, 0.2) is 5.84 Å². The Labute approximate surface area is 82.3 Å². The molecule has 2 nitrogen and oxygen atoms in total. The van der Waals surface area contributed by atoms with Crippen molar-refractivity contribution >= 4 is 24.2 Å². The molecule has 1 aromatic rings. The van der Waals surface area contributed by atoms with Gasteiger partial charge >= 0.3 is 0 Å². The predicted octanol–water partition coefficient (Wildman–Crippen LogP) is 2.84. The molecule has 0 aliphatic rings. The lowest BCUT2D eigenvalue weighted by atomic mass is 10.2. The highest BCUT2D eigenvalue weighted by Gasteiger charge is 1.98. The molecule has 1 rings (SSSR count). The lowest BCUT2D eigenvalue weighted by molar-refractivity contribution is 1.45. The molecule has 0 aliphatic heterocycles. The molecule has 0 saturated heterocycles. The smallest absolute Gasteiger partial charge is 0.160 e. The summed E-state index contributed by atoms with van der Waals surface area (Å²) >= 11 is 5.53. The van der Waals surface area contributed by atoms with E-state index in [0.29, 0.717) is 5.84 Å². The Hall–Kier alpha value is -1.41. The first-order chi connectivity index (χ1) is 6.24. The molecule has 0 radical (unpaired) electrons. The average molecular weight is 193 g/mol. The average Bonchev–Trinajstić information content (AvgIpc) is 2.15. The van der Waals surface area contributed by atoms with Crippen LogP contribution in [0.3, 0.4) is 0 Å². The fourth-order valence-corrected chi connectivity index (χ4v) is 0.973. The van der Waals surface area contributed by atoms with Gasteiger partial charge in [-0.3, -0.25) is 0 Å². The zero-order valence-electron chi connectivity index (χ0n) is 7.07. The minimum Gasteiger partial charge on any atom is -0.245 e. The van der Waals surface area contributed by atoms with Crippen LogP contribution in [0, 0.1) is 0 Å². The lowest BCUT2D eigenvalue weighted by Gasteiger charge is -1.98. The Kier molecular flexibility index (Phi) is 3.41. The van der Waals surface area contributed by atoms with Crippen LogP contribution in [0.5, 0.6) is 0 Å². The number of amidine groups is 1. The Morgan fingerprint density at radius 3 is 2.31 bits per heavy atom. The highest BCUT2D eigenvalue weighted by atomic mass is 35.5. The minimum absolute atomic E-state index is 0.200. The molecule has 0 N–H and O–H groups in total. The second-order valence-corrected chi connectivity index (χ2v) is 2.77. The maximum atomic E-state index is 5.53. The van der Waals surface area contributed by atoms with Crippen LogP contribution >= 0.6 is 11.6 Å². The third-order valence-electron chi connectivity index (χ3n) is 1.41. The Morgan fingerprint density at radius 2 is 1.85 bits per heavy atom. The summed E-state index contributed by atoms with van der Waals surface area (Å²) in [5, 5.41) is 0.200. The predicted molar refractivity (Wildman–Crippen MR) is 57.5 cm³/mol. The molecule has 0 saturated carbocycles. The van der Waals surface area contributed by atoms with E-state index in [9.17, 15) is 0 Å². The Morgan fingerprint density at radius 1 is 1.23 bits per heavy atom. The molecule has 0 spiro atoms. The Bertz CT molecular complexity index is 341. The minimum atomic E-state index is 0.200. The van der Waals surface area contributed by atoms with Gasteiger partial charge in [0.05, 0.1) is 0 Å². The summed E-state index contributed by atoms with van der Waals surface area (Å²) in [6.07, 6.45) is 0. The van der Waals surface area contributed by atoms with Crippen molar-refractivity contribution in [3.8, 4) is 0 Å². The van der Waals surface area contributed by atoms with E-state index in [4.69, 9.17) is 11.6 Å². The molecule has 0 atom stereocenters. The molecular formula is C10H9ClN2. The normalized spacial score (nSPS) is 11.0. The van der Waals surface area contributed by atoms with Gasteiger partial charge in [0, 0.05) is 5.56 Å². The van der Waals surface area contributed by atoms with E-state index in [-0.39, 0.29) is 5.16 Å². The number of halogens is 1. The Balaban J connectivity index is 3.05. The first kappa shape index (κ1) is 9.68. The quantitative estimate of drug-likeness (QED) is 0.391. The zero-order chi connectivity index (χ0) is 9.68. The molecular weight excluding hydrogens is 184 g/mol. The molecule has 3 heteroatoms. The van der Waals surface area contributed by atoms with Crippen molar-refractivity contribution < 1.29 is 0 Å². The second kappa shape index (κ2) is 4.58. The van der Waals surface area contributed by atoms with Gasteiger partial charge in [-0.15, -0.1) is 0 Å². The van der Waals surface area contributed by atoms with Gasteiger partial charge in [0.2, 0.25) is 0 Å². The third-order valence-corrected chi connectivity index (χ3v) is 1.49. The molecule has 0 bridgehead atoms. The molecule has 13 heavy (non-hydrogen) atoms. The van der Waals surface area contributed by atoms with Gasteiger partial charge in [-0.25, -0.2) is 9.98 Å². The summed E-state index contributed by atoms with van der Waals surface area (Å²) in [7, 11) is 0. The van der Waals surface area contributed by atoms with E-state index in [1.54, 1.807) is 0 Å². The summed E-state index contributed by atoms with van der Waals surface area (Å²) in [6.45, 7) is 6.87. The van der Waals surface area contributed by atoms with Gasteiger partial charge in [-0.1, -0.05) is 48.5 Å². The number of hydrogen-bond donors (Lipinski definition) is 0. The van der Waals surface area contributed by atoms with Crippen molar-refractivity contribution in [1.82, 2.24) is 0 Å². The summed E-state index contributed by atoms with van der Waals surface area (Å²) in [4.78, 5) is 7.68. The van der Waals surface area contributed by atoms with Crippen LogP contribution in [0.2, 0.25) is 0 Å². The fourth-order valence-electron chi connectivity index (χ4n) is 0.893. The molecule has 0 fully saturated rings. The first-order valence-electron chi connectivity index (χ1n) is 3.69. The van der Waals surface area contributed by atoms with Gasteiger partial charge in [-0.05, 0) is 6.72 Å². The van der Waals surface area contributed by atoms with Crippen molar-refractivity contribution in [2.24, 2.45) is 9.98 Å².